The highest BCUT2D eigenvalue weighted by Crippen LogP contribution is 2.32. The lowest BCUT2D eigenvalue weighted by Crippen LogP contribution is -2.53. The van der Waals surface area contributed by atoms with Gasteiger partial charge in [-0.05, 0) is 51.0 Å². The minimum Gasteiger partial charge on any atom is -0.366 e. The number of halogens is 1. The minimum absolute atomic E-state index is 0.130. The van der Waals surface area contributed by atoms with Gasteiger partial charge in [0.1, 0.15) is 0 Å². The summed E-state index contributed by atoms with van der Waals surface area (Å²) in [6.07, 6.45) is 2.10. The first-order chi connectivity index (χ1) is 7.49. The van der Waals surface area contributed by atoms with Gasteiger partial charge in [0.05, 0.1) is 0 Å². The quantitative estimate of drug-likeness (QED) is 0.815. The Bertz CT molecular complexity index is 359. The van der Waals surface area contributed by atoms with Gasteiger partial charge in [-0.1, -0.05) is 11.6 Å². The predicted molar refractivity (Wildman–Crippen MR) is 70.1 cm³/mol. The molecule has 1 aliphatic heterocycles. The van der Waals surface area contributed by atoms with Crippen LogP contribution in [-0.2, 0) is 0 Å². The molecule has 1 aromatic rings. The first-order valence-electron chi connectivity index (χ1n) is 5.78. The first kappa shape index (κ1) is 11.7. The maximum absolute atomic E-state index is 6.03. The molecule has 2 rings (SSSR count). The van der Waals surface area contributed by atoms with Crippen LogP contribution < -0.4 is 10.6 Å². The molecule has 0 aromatic heterocycles. The highest BCUT2D eigenvalue weighted by atomic mass is 35.5. The maximum atomic E-state index is 6.03. The summed E-state index contributed by atoms with van der Waals surface area (Å²) in [7, 11) is 0. The smallest absolute Gasteiger partial charge is 0.0407 e. The van der Waals surface area contributed by atoms with E-state index in [1.165, 1.54) is 5.69 Å². The Hall–Kier alpha value is -0.730. The molecule has 2 nitrogen and oxygen atoms in total. The second kappa shape index (κ2) is 4.27. The van der Waals surface area contributed by atoms with Gasteiger partial charge in [0.2, 0.25) is 0 Å². The lowest BCUT2D eigenvalue weighted by Gasteiger charge is -2.46. The number of hydrogen-bond acceptors (Lipinski definition) is 2. The van der Waals surface area contributed by atoms with Gasteiger partial charge in [0.15, 0.2) is 0 Å². The molecule has 0 radical (unpaired) electrons. The minimum atomic E-state index is 0.130. The number of nitrogens with two attached hydrogens (primary N) is 1. The van der Waals surface area contributed by atoms with E-state index in [1.54, 1.807) is 0 Å². The summed E-state index contributed by atoms with van der Waals surface area (Å²) in [5.74, 6) is 0. The predicted octanol–water partition coefficient (Wildman–Crippen LogP) is 3.05. The number of hydrogen-bond donors (Lipinski definition) is 1. The van der Waals surface area contributed by atoms with Crippen molar-refractivity contribution in [1.29, 1.82) is 0 Å². The zero-order chi connectivity index (χ0) is 11.8. The van der Waals surface area contributed by atoms with Crippen LogP contribution in [0.4, 0.5) is 5.69 Å². The second-order valence-corrected chi connectivity index (χ2v) is 5.63. The van der Waals surface area contributed by atoms with E-state index in [0.29, 0.717) is 6.04 Å². The van der Waals surface area contributed by atoms with Gasteiger partial charge in [-0.15, -0.1) is 0 Å². The summed E-state index contributed by atoms with van der Waals surface area (Å²) in [6, 6.07) is 8.39. The average molecular weight is 239 g/mol. The van der Waals surface area contributed by atoms with Gasteiger partial charge >= 0.3 is 0 Å². The topological polar surface area (TPSA) is 29.3 Å². The zero-order valence-corrected chi connectivity index (χ0v) is 10.7. The van der Waals surface area contributed by atoms with Gasteiger partial charge in [0.25, 0.3) is 0 Å². The molecule has 1 saturated heterocycles. The molecule has 3 heteroatoms. The number of nitrogens with zero attached hydrogens (tertiary/aromatic N) is 1. The van der Waals surface area contributed by atoms with Gasteiger partial charge in [-0.25, -0.2) is 0 Å². The van der Waals surface area contributed by atoms with Crippen LogP contribution in [0, 0.1) is 0 Å². The van der Waals surface area contributed by atoms with E-state index >= 15 is 0 Å². The van der Waals surface area contributed by atoms with E-state index in [9.17, 15) is 0 Å². The van der Waals surface area contributed by atoms with Crippen LogP contribution in [0.25, 0.3) is 0 Å². The Morgan fingerprint density at radius 2 is 1.94 bits per heavy atom. The molecule has 0 amide bonds. The SMILES string of the molecule is CC1(C)CC(N)CCN1c1ccc(Cl)cc1. The van der Waals surface area contributed by atoms with Crippen molar-refractivity contribution in [2.24, 2.45) is 5.73 Å². The first-order valence-corrected chi connectivity index (χ1v) is 6.16. The standard InChI is InChI=1S/C13H19ClN2/c1-13(2)9-11(15)7-8-16(13)12-5-3-10(14)4-6-12/h3-6,11H,7-9,15H2,1-2H3. The molecular weight excluding hydrogens is 220 g/mol. The third-order valence-electron chi connectivity index (χ3n) is 3.35. The average Bonchev–Trinajstić information content (AvgIpc) is 2.18. The van der Waals surface area contributed by atoms with Crippen molar-refractivity contribution in [3.8, 4) is 0 Å². The fraction of sp³-hybridized carbons (Fsp3) is 0.538. The van der Waals surface area contributed by atoms with E-state index < -0.39 is 0 Å². The van der Waals surface area contributed by atoms with Crippen molar-refractivity contribution in [2.45, 2.75) is 38.3 Å². The van der Waals surface area contributed by atoms with Crippen LogP contribution in [0.2, 0.25) is 5.02 Å². The molecule has 2 N–H and O–H groups in total. The van der Waals surface area contributed by atoms with Crippen LogP contribution in [0.3, 0.4) is 0 Å². The van der Waals surface area contributed by atoms with Crippen molar-refractivity contribution in [1.82, 2.24) is 0 Å². The molecule has 1 atom stereocenters. The fourth-order valence-corrected chi connectivity index (χ4v) is 2.68. The summed E-state index contributed by atoms with van der Waals surface area (Å²) >= 11 is 5.91. The summed E-state index contributed by atoms with van der Waals surface area (Å²) in [4.78, 5) is 2.42. The lowest BCUT2D eigenvalue weighted by atomic mass is 9.87. The van der Waals surface area contributed by atoms with E-state index in [2.05, 4.69) is 30.9 Å². The van der Waals surface area contributed by atoms with Gasteiger partial charge in [-0.2, -0.15) is 0 Å². The van der Waals surface area contributed by atoms with E-state index in [1.807, 2.05) is 12.1 Å². The molecule has 1 fully saturated rings. The Kier molecular flexibility index (Phi) is 3.13. The summed E-state index contributed by atoms with van der Waals surface area (Å²) in [5.41, 5.74) is 7.39. The molecular formula is C13H19ClN2. The number of rotatable bonds is 1. The number of anilines is 1. The fourth-order valence-electron chi connectivity index (χ4n) is 2.55. The Morgan fingerprint density at radius 1 is 1.31 bits per heavy atom. The Balaban J connectivity index is 2.23. The van der Waals surface area contributed by atoms with Crippen LogP contribution in [0.1, 0.15) is 26.7 Å². The molecule has 0 aliphatic carbocycles. The molecule has 88 valence electrons. The van der Waals surface area contributed by atoms with E-state index in [-0.39, 0.29) is 5.54 Å². The summed E-state index contributed by atoms with van der Waals surface area (Å²) < 4.78 is 0. The molecule has 0 bridgehead atoms. The van der Waals surface area contributed by atoms with Crippen molar-refractivity contribution >= 4 is 17.3 Å². The van der Waals surface area contributed by atoms with Crippen LogP contribution in [-0.4, -0.2) is 18.1 Å². The summed E-state index contributed by atoms with van der Waals surface area (Å²) in [6.45, 7) is 5.52. The van der Waals surface area contributed by atoms with Crippen LogP contribution >= 0.6 is 11.6 Å². The largest absolute Gasteiger partial charge is 0.366 e. The van der Waals surface area contributed by atoms with Crippen molar-refractivity contribution in [2.75, 3.05) is 11.4 Å². The number of benzene rings is 1. The van der Waals surface area contributed by atoms with Crippen molar-refractivity contribution in [3.05, 3.63) is 29.3 Å². The number of piperidine rings is 1. The highest BCUT2D eigenvalue weighted by Gasteiger charge is 2.33. The van der Waals surface area contributed by atoms with E-state index in [4.69, 9.17) is 17.3 Å². The lowest BCUT2D eigenvalue weighted by molar-refractivity contribution is 0.327. The molecule has 1 aliphatic rings. The highest BCUT2D eigenvalue weighted by molar-refractivity contribution is 6.30. The molecule has 1 unspecified atom stereocenters. The van der Waals surface area contributed by atoms with Gasteiger partial charge in [0, 0.05) is 28.8 Å². The van der Waals surface area contributed by atoms with Crippen LogP contribution in [0.15, 0.2) is 24.3 Å². The monoisotopic (exact) mass is 238 g/mol. The zero-order valence-electron chi connectivity index (χ0n) is 9.91. The Labute approximate surface area is 102 Å². The van der Waals surface area contributed by atoms with Gasteiger partial charge in [-0.3, -0.25) is 0 Å². The summed E-state index contributed by atoms with van der Waals surface area (Å²) in [5, 5.41) is 0.787. The molecule has 1 heterocycles. The van der Waals surface area contributed by atoms with Gasteiger partial charge < -0.3 is 10.6 Å². The molecule has 0 spiro atoms. The molecule has 1 aromatic carbocycles. The van der Waals surface area contributed by atoms with Crippen LogP contribution in [0.5, 0.6) is 0 Å². The normalized spacial score (nSPS) is 24.5. The second-order valence-electron chi connectivity index (χ2n) is 5.19. The molecule has 16 heavy (non-hydrogen) atoms. The Morgan fingerprint density at radius 3 is 2.50 bits per heavy atom. The van der Waals surface area contributed by atoms with Crippen molar-refractivity contribution in [3.63, 3.8) is 0 Å². The third-order valence-corrected chi connectivity index (χ3v) is 3.61. The third kappa shape index (κ3) is 2.33. The van der Waals surface area contributed by atoms with E-state index in [0.717, 1.165) is 24.4 Å². The van der Waals surface area contributed by atoms with Crippen molar-refractivity contribution < 1.29 is 0 Å². The molecule has 0 saturated carbocycles. The maximum Gasteiger partial charge on any atom is 0.0407 e.